The largest absolute Gasteiger partial charge is 0.508 e. The Kier molecular flexibility index (Phi) is 3.35. The van der Waals surface area contributed by atoms with E-state index in [2.05, 4.69) is 20.4 Å². The van der Waals surface area contributed by atoms with E-state index in [0.29, 0.717) is 22.9 Å². The van der Waals surface area contributed by atoms with Gasteiger partial charge in [-0.25, -0.2) is 9.97 Å². The molecule has 0 aliphatic rings. The normalized spacial score (nSPS) is 10.9. The van der Waals surface area contributed by atoms with Crippen molar-refractivity contribution in [2.24, 2.45) is 0 Å². The van der Waals surface area contributed by atoms with Crippen molar-refractivity contribution in [2.45, 2.75) is 6.92 Å². The van der Waals surface area contributed by atoms with Crippen LogP contribution in [0, 0.1) is 6.92 Å². The summed E-state index contributed by atoms with van der Waals surface area (Å²) in [5.74, 6) is 0.607. The number of anilines is 2. The van der Waals surface area contributed by atoms with Crippen molar-refractivity contribution < 1.29 is 9.63 Å². The molecule has 0 aliphatic carbocycles. The number of hydrogen-bond acceptors (Lipinski definition) is 6. The summed E-state index contributed by atoms with van der Waals surface area (Å²) in [6, 6.07) is 14.5. The minimum Gasteiger partial charge on any atom is -0.508 e. The molecule has 4 rings (SSSR count). The Bertz CT molecular complexity index is 1030. The Morgan fingerprint density at radius 3 is 2.88 bits per heavy atom. The molecule has 0 amide bonds. The zero-order chi connectivity index (χ0) is 16.5. The Morgan fingerprint density at radius 1 is 1.08 bits per heavy atom. The third-order valence-electron chi connectivity index (χ3n) is 3.74. The zero-order valence-electron chi connectivity index (χ0n) is 12.9. The lowest BCUT2D eigenvalue weighted by Gasteiger charge is -2.09. The van der Waals surface area contributed by atoms with Crippen LogP contribution in [0.4, 0.5) is 11.6 Å². The molecule has 0 atom stereocenters. The van der Waals surface area contributed by atoms with Gasteiger partial charge in [0, 0.05) is 18.0 Å². The number of hydrogen-bond donors (Lipinski definition) is 2. The lowest BCUT2D eigenvalue weighted by molar-refractivity contribution is 0.459. The van der Waals surface area contributed by atoms with Crippen LogP contribution < -0.4 is 5.32 Å². The quantitative estimate of drug-likeness (QED) is 0.593. The molecule has 6 heteroatoms. The molecule has 0 saturated carbocycles. The van der Waals surface area contributed by atoms with Crippen LogP contribution in [0.3, 0.4) is 0 Å². The molecule has 0 unspecified atom stereocenters. The van der Waals surface area contributed by atoms with Crippen molar-refractivity contribution in [2.75, 3.05) is 5.32 Å². The third-order valence-corrected chi connectivity index (χ3v) is 3.74. The van der Waals surface area contributed by atoms with Gasteiger partial charge in [-0.15, -0.1) is 0 Å². The maximum absolute atomic E-state index is 9.64. The van der Waals surface area contributed by atoms with E-state index in [-0.39, 0.29) is 5.75 Å². The Labute approximate surface area is 137 Å². The van der Waals surface area contributed by atoms with Gasteiger partial charge < -0.3 is 14.9 Å². The number of nitrogens with one attached hydrogen (secondary N) is 1. The fourth-order valence-electron chi connectivity index (χ4n) is 2.49. The van der Waals surface area contributed by atoms with Crippen LogP contribution in [0.5, 0.6) is 5.75 Å². The van der Waals surface area contributed by atoms with Crippen molar-refractivity contribution in [3.63, 3.8) is 0 Å². The predicted octanol–water partition coefficient (Wildman–Crippen LogP) is 4.04. The van der Waals surface area contributed by atoms with Gasteiger partial charge >= 0.3 is 0 Å². The van der Waals surface area contributed by atoms with Crippen LogP contribution in [0.25, 0.3) is 22.4 Å². The first kappa shape index (κ1) is 14.2. The number of nitrogens with zero attached hydrogens (tertiary/aromatic N) is 3. The van der Waals surface area contributed by atoms with Crippen LogP contribution in [-0.2, 0) is 0 Å². The molecule has 0 saturated heterocycles. The second-order valence-corrected chi connectivity index (χ2v) is 5.42. The predicted molar refractivity (Wildman–Crippen MR) is 91.2 cm³/mol. The molecule has 24 heavy (non-hydrogen) atoms. The first-order valence-electron chi connectivity index (χ1n) is 7.45. The summed E-state index contributed by atoms with van der Waals surface area (Å²) in [7, 11) is 0. The monoisotopic (exact) mass is 318 g/mol. The maximum atomic E-state index is 9.64. The van der Waals surface area contributed by atoms with E-state index >= 15 is 0 Å². The van der Waals surface area contributed by atoms with Gasteiger partial charge in [-0.2, -0.15) is 0 Å². The number of para-hydroxylation sites is 1. The highest BCUT2D eigenvalue weighted by molar-refractivity contribution is 5.90. The first-order chi connectivity index (χ1) is 11.7. The van der Waals surface area contributed by atoms with Crippen molar-refractivity contribution in [3.05, 3.63) is 60.3 Å². The smallest absolute Gasteiger partial charge is 0.227 e. The van der Waals surface area contributed by atoms with E-state index in [9.17, 15) is 5.11 Å². The van der Waals surface area contributed by atoms with Crippen LogP contribution in [-0.4, -0.2) is 20.2 Å². The average Bonchev–Trinajstić information content (AvgIpc) is 3.03. The number of benzene rings is 2. The molecule has 2 heterocycles. The lowest BCUT2D eigenvalue weighted by atomic mass is 10.2. The molecule has 2 N–H and O–H groups in total. The molecule has 2 aromatic carbocycles. The third kappa shape index (κ3) is 2.54. The van der Waals surface area contributed by atoms with E-state index in [1.807, 2.05) is 37.3 Å². The van der Waals surface area contributed by atoms with Gasteiger partial charge in [0.2, 0.25) is 5.95 Å². The van der Waals surface area contributed by atoms with Gasteiger partial charge in [0.25, 0.3) is 0 Å². The maximum Gasteiger partial charge on any atom is 0.227 e. The van der Waals surface area contributed by atoms with Gasteiger partial charge in [0.15, 0.2) is 5.58 Å². The van der Waals surface area contributed by atoms with Crippen molar-refractivity contribution in [1.29, 1.82) is 0 Å². The fourth-order valence-corrected chi connectivity index (χ4v) is 2.49. The molecular weight excluding hydrogens is 304 g/mol. The minimum atomic E-state index is 0.182. The summed E-state index contributed by atoms with van der Waals surface area (Å²) >= 11 is 0. The average molecular weight is 318 g/mol. The molecule has 6 nitrogen and oxygen atoms in total. The van der Waals surface area contributed by atoms with E-state index in [0.717, 1.165) is 16.6 Å². The topological polar surface area (TPSA) is 84.1 Å². The number of aryl methyl sites for hydroxylation is 1. The van der Waals surface area contributed by atoms with E-state index in [1.165, 1.54) is 0 Å². The molecular formula is C18H14N4O2. The van der Waals surface area contributed by atoms with E-state index < -0.39 is 0 Å². The lowest BCUT2D eigenvalue weighted by Crippen LogP contribution is -1.99. The molecule has 0 fully saturated rings. The molecule has 0 aliphatic heterocycles. The molecule has 0 spiro atoms. The van der Waals surface area contributed by atoms with Gasteiger partial charge in [-0.05, 0) is 36.8 Å². The molecule has 2 aromatic heterocycles. The molecule has 0 bridgehead atoms. The van der Waals surface area contributed by atoms with Crippen molar-refractivity contribution in [3.8, 4) is 17.1 Å². The van der Waals surface area contributed by atoms with Crippen LogP contribution in [0.2, 0.25) is 0 Å². The highest BCUT2D eigenvalue weighted by Crippen LogP contribution is 2.28. The summed E-state index contributed by atoms with van der Waals surface area (Å²) in [4.78, 5) is 8.74. The van der Waals surface area contributed by atoms with Gasteiger partial charge in [-0.3, -0.25) is 0 Å². The highest BCUT2D eigenvalue weighted by Gasteiger charge is 2.12. The molecule has 4 aromatic rings. The fraction of sp³-hybridized carbons (Fsp3) is 0.0556. The summed E-state index contributed by atoms with van der Waals surface area (Å²) in [5.41, 5.74) is 3.77. The number of phenolic OH excluding ortho intramolecular Hbond substituents is 1. The summed E-state index contributed by atoms with van der Waals surface area (Å²) in [6.07, 6.45) is 1.66. The minimum absolute atomic E-state index is 0.182. The Balaban J connectivity index is 1.73. The zero-order valence-corrected chi connectivity index (χ0v) is 12.9. The van der Waals surface area contributed by atoms with Gasteiger partial charge in [0.05, 0.1) is 11.1 Å². The van der Waals surface area contributed by atoms with Crippen LogP contribution in [0.15, 0.2) is 59.3 Å². The second kappa shape index (κ2) is 5.66. The van der Waals surface area contributed by atoms with E-state index in [4.69, 9.17) is 4.52 Å². The van der Waals surface area contributed by atoms with Crippen LogP contribution in [0.1, 0.15) is 5.56 Å². The Hall–Kier alpha value is -3.41. The summed E-state index contributed by atoms with van der Waals surface area (Å²) < 4.78 is 5.33. The second-order valence-electron chi connectivity index (χ2n) is 5.42. The summed E-state index contributed by atoms with van der Waals surface area (Å²) in [5, 5.41) is 17.8. The van der Waals surface area contributed by atoms with Crippen LogP contribution >= 0.6 is 0 Å². The van der Waals surface area contributed by atoms with Crippen molar-refractivity contribution >= 4 is 22.6 Å². The number of fused-ring (bicyclic) bond motifs is 1. The Morgan fingerprint density at radius 2 is 1.96 bits per heavy atom. The summed E-state index contributed by atoms with van der Waals surface area (Å²) in [6.45, 7) is 1.94. The molecule has 118 valence electrons. The molecule has 0 radical (unpaired) electrons. The SMILES string of the molecule is Cc1ccc(O)cc1Nc1nccc(-c2noc3ccccc23)n1. The number of aromatic hydroxyl groups is 1. The number of aromatic nitrogens is 3. The number of phenols is 1. The highest BCUT2D eigenvalue weighted by atomic mass is 16.5. The first-order valence-corrected chi connectivity index (χ1v) is 7.45. The number of rotatable bonds is 3. The van der Waals surface area contributed by atoms with Crippen molar-refractivity contribution in [1.82, 2.24) is 15.1 Å². The van der Waals surface area contributed by atoms with Gasteiger partial charge in [-0.1, -0.05) is 23.4 Å². The van der Waals surface area contributed by atoms with E-state index in [1.54, 1.807) is 24.4 Å². The standard InChI is InChI=1S/C18H14N4O2/c1-11-6-7-12(23)10-15(11)21-18-19-9-8-14(20-18)17-13-4-2-3-5-16(13)24-22-17/h2-10,23H,1H3,(H,19,20,21). The van der Waals surface area contributed by atoms with Gasteiger partial charge in [0.1, 0.15) is 11.4 Å².